The summed E-state index contributed by atoms with van der Waals surface area (Å²) in [5, 5.41) is 7.08. The van der Waals surface area contributed by atoms with Gasteiger partial charge in [-0.25, -0.2) is 0 Å². The molecule has 0 bridgehead atoms. The van der Waals surface area contributed by atoms with E-state index in [1.165, 1.54) is 7.11 Å². The Morgan fingerprint density at radius 1 is 1.10 bits per heavy atom. The number of aryl methyl sites for hydroxylation is 2. The quantitative estimate of drug-likeness (QED) is 0.241. The van der Waals surface area contributed by atoms with E-state index in [0.717, 1.165) is 49.7 Å². The first-order chi connectivity index (χ1) is 18.8. The zero-order valence-corrected chi connectivity index (χ0v) is 24.6. The van der Waals surface area contributed by atoms with Crippen LogP contribution >= 0.6 is 28.1 Å². The number of hydrogen-bond acceptors (Lipinski definition) is 4. The Balaban J connectivity index is 1.62. The number of aromatic nitrogens is 2. The largest absolute Gasteiger partial charge is 0.375 e. The molecule has 2 aromatic carbocycles. The fourth-order valence-corrected chi connectivity index (χ4v) is 6.10. The molecule has 0 aliphatic carbocycles. The summed E-state index contributed by atoms with van der Waals surface area (Å²) in [6.07, 6.45) is 1.81. The summed E-state index contributed by atoms with van der Waals surface area (Å²) < 4.78 is 8.26. The number of nitrogens with zero attached hydrogens (tertiary/aromatic N) is 3. The van der Waals surface area contributed by atoms with Gasteiger partial charge in [-0.1, -0.05) is 18.2 Å². The molecule has 5 rings (SSSR count). The van der Waals surface area contributed by atoms with Crippen LogP contribution in [-0.4, -0.2) is 34.3 Å². The van der Waals surface area contributed by atoms with Gasteiger partial charge in [-0.2, -0.15) is 0 Å². The lowest BCUT2D eigenvalue weighted by molar-refractivity contribution is -0.119. The highest BCUT2D eigenvalue weighted by Gasteiger charge is 2.42. The molecule has 2 unspecified atom stereocenters. The molecule has 1 saturated heterocycles. The molecule has 1 amide bonds. The van der Waals surface area contributed by atoms with Gasteiger partial charge in [0.2, 0.25) is 5.91 Å². The van der Waals surface area contributed by atoms with Crippen molar-refractivity contribution in [2.75, 3.05) is 23.9 Å². The molecule has 3 heterocycles. The average Bonchev–Trinajstić information content (AvgIpc) is 3.41. The molecule has 1 aliphatic rings. The number of methoxy groups -OCH3 is 1. The summed E-state index contributed by atoms with van der Waals surface area (Å²) >= 11 is 9.67. The molecule has 39 heavy (non-hydrogen) atoms. The summed E-state index contributed by atoms with van der Waals surface area (Å²) in [6, 6.07) is 22.1. The highest BCUT2D eigenvalue weighted by molar-refractivity contribution is 9.10. The fourth-order valence-electron chi connectivity index (χ4n) is 5.30. The smallest absolute Gasteiger partial charge is 0.250 e. The van der Waals surface area contributed by atoms with E-state index in [9.17, 15) is 4.79 Å². The monoisotopic (exact) mass is 603 g/mol. The summed E-state index contributed by atoms with van der Waals surface area (Å²) in [5.41, 5.74) is 8.01. The zero-order valence-electron chi connectivity index (χ0n) is 22.2. The Bertz CT molecular complexity index is 1540. The van der Waals surface area contributed by atoms with Crippen LogP contribution in [0.5, 0.6) is 0 Å². The topological polar surface area (TPSA) is 71.4 Å². The summed E-state index contributed by atoms with van der Waals surface area (Å²) in [7, 11) is 1.50. The maximum atomic E-state index is 12.1. The number of pyridine rings is 1. The predicted molar refractivity (Wildman–Crippen MR) is 163 cm³/mol. The number of para-hydroxylation sites is 1. The van der Waals surface area contributed by atoms with E-state index in [1.807, 2.05) is 55.6 Å². The van der Waals surface area contributed by atoms with Gasteiger partial charge in [0.05, 0.1) is 23.5 Å². The van der Waals surface area contributed by atoms with Crippen molar-refractivity contribution >= 4 is 50.5 Å². The number of hydrogen-bond donors (Lipinski definition) is 2. The van der Waals surface area contributed by atoms with E-state index in [2.05, 4.69) is 79.1 Å². The van der Waals surface area contributed by atoms with E-state index < -0.39 is 0 Å². The molecule has 7 nitrogen and oxygen atoms in total. The van der Waals surface area contributed by atoms with E-state index in [0.29, 0.717) is 5.11 Å². The van der Waals surface area contributed by atoms with Crippen molar-refractivity contribution in [3.8, 4) is 5.69 Å². The highest BCUT2D eigenvalue weighted by Crippen LogP contribution is 2.44. The molecule has 9 heteroatoms. The number of anilines is 2. The fraction of sp³-hybridized carbons (Fsp3) is 0.233. The third kappa shape index (κ3) is 5.22. The van der Waals surface area contributed by atoms with Gasteiger partial charge in [-0.05, 0) is 109 Å². The van der Waals surface area contributed by atoms with E-state index in [-0.39, 0.29) is 24.6 Å². The number of benzene rings is 2. The molecule has 0 spiro atoms. The van der Waals surface area contributed by atoms with Crippen LogP contribution in [0.25, 0.3) is 5.69 Å². The molecule has 2 aromatic heterocycles. The van der Waals surface area contributed by atoms with Crippen molar-refractivity contribution in [2.45, 2.75) is 32.9 Å². The van der Waals surface area contributed by atoms with Gasteiger partial charge in [0.15, 0.2) is 5.11 Å². The minimum atomic E-state index is -0.195. The van der Waals surface area contributed by atoms with Crippen molar-refractivity contribution in [1.82, 2.24) is 14.9 Å². The lowest BCUT2D eigenvalue weighted by Crippen LogP contribution is -2.29. The molecular weight excluding hydrogens is 574 g/mol. The van der Waals surface area contributed by atoms with Crippen LogP contribution in [0.2, 0.25) is 0 Å². The van der Waals surface area contributed by atoms with Crippen LogP contribution in [0.3, 0.4) is 0 Å². The first-order valence-electron chi connectivity index (χ1n) is 12.6. The van der Waals surface area contributed by atoms with E-state index >= 15 is 0 Å². The van der Waals surface area contributed by atoms with Crippen LogP contribution in [0, 0.1) is 20.8 Å². The zero-order chi connectivity index (χ0) is 27.7. The van der Waals surface area contributed by atoms with Gasteiger partial charge in [-0.3, -0.25) is 9.78 Å². The van der Waals surface area contributed by atoms with Crippen molar-refractivity contribution < 1.29 is 9.53 Å². The van der Waals surface area contributed by atoms with E-state index in [1.54, 1.807) is 0 Å². The van der Waals surface area contributed by atoms with Crippen LogP contribution in [0.15, 0.2) is 77.4 Å². The van der Waals surface area contributed by atoms with Crippen LogP contribution < -0.4 is 15.5 Å². The number of ether oxygens (including phenoxy) is 1. The lowest BCUT2D eigenvalue weighted by atomic mass is 9.96. The Kier molecular flexibility index (Phi) is 7.83. The number of carbonyl (C=O) groups excluding carboxylic acids is 1. The van der Waals surface area contributed by atoms with Gasteiger partial charge < -0.3 is 24.8 Å². The first kappa shape index (κ1) is 27.1. The maximum absolute atomic E-state index is 12.1. The van der Waals surface area contributed by atoms with Crippen molar-refractivity contribution in [2.24, 2.45) is 0 Å². The molecule has 1 fully saturated rings. The minimum Gasteiger partial charge on any atom is -0.375 e. The third-order valence-corrected chi connectivity index (χ3v) is 8.00. The lowest BCUT2D eigenvalue weighted by Gasteiger charge is -2.29. The standard InChI is InChI=1S/C30H30BrN5O2S/c1-18-15-21(12-13-24(18)33-27(37)17-38-4)36-29(28(34-30(36)39)25-10-7-8-14-32-25)22-16-19(2)35(20(22)3)26-11-6-5-9-23(26)31/h5-16,28-29H,17H2,1-4H3,(H,33,37)(H,34,39). The molecule has 4 aromatic rings. The molecule has 2 atom stereocenters. The average molecular weight is 605 g/mol. The van der Waals surface area contributed by atoms with Crippen molar-refractivity contribution in [3.63, 3.8) is 0 Å². The van der Waals surface area contributed by atoms with Gasteiger partial charge in [0.1, 0.15) is 6.61 Å². The Hall–Kier alpha value is -3.53. The Morgan fingerprint density at radius 3 is 2.56 bits per heavy atom. The van der Waals surface area contributed by atoms with Gasteiger partial charge in [0, 0.05) is 40.5 Å². The number of thiocarbonyl (C=S) groups is 1. The van der Waals surface area contributed by atoms with Gasteiger partial charge in [-0.15, -0.1) is 0 Å². The Morgan fingerprint density at radius 2 is 1.87 bits per heavy atom. The molecule has 0 saturated carbocycles. The number of amides is 1. The SMILES string of the molecule is COCC(=O)Nc1ccc(N2C(=S)NC(c3ccccn3)C2c2cc(C)n(-c3ccccc3Br)c2C)cc1C. The summed E-state index contributed by atoms with van der Waals surface area (Å²) in [4.78, 5) is 19.0. The molecule has 2 N–H and O–H groups in total. The number of halogens is 1. The molecule has 0 radical (unpaired) electrons. The van der Waals surface area contributed by atoms with Crippen LogP contribution in [-0.2, 0) is 9.53 Å². The van der Waals surface area contributed by atoms with Gasteiger partial charge >= 0.3 is 0 Å². The number of nitrogens with one attached hydrogen (secondary N) is 2. The second kappa shape index (κ2) is 11.3. The molecular formula is C30H30BrN5O2S. The van der Waals surface area contributed by atoms with Crippen LogP contribution in [0.4, 0.5) is 11.4 Å². The van der Waals surface area contributed by atoms with Crippen LogP contribution in [0.1, 0.15) is 40.3 Å². The van der Waals surface area contributed by atoms with Gasteiger partial charge in [0.25, 0.3) is 0 Å². The molecule has 1 aliphatic heterocycles. The van der Waals surface area contributed by atoms with Crippen molar-refractivity contribution in [1.29, 1.82) is 0 Å². The maximum Gasteiger partial charge on any atom is 0.250 e. The summed E-state index contributed by atoms with van der Waals surface area (Å²) in [5.74, 6) is -0.195. The Labute approximate surface area is 242 Å². The minimum absolute atomic E-state index is 0.00228. The normalized spacial score (nSPS) is 16.8. The van der Waals surface area contributed by atoms with E-state index in [4.69, 9.17) is 17.0 Å². The predicted octanol–water partition coefficient (Wildman–Crippen LogP) is 6.32. The second-order valence-corrected chi connectivity index (χ2v) is 10.8. The molecule has 200 valence electrons. The first-order valence-corrected chi connectivity index (χ1v) is 13.8. The number of carbonyl (C=O) groups is 1. The van der Waals surface area contributed by atoms with Crippen molar-refractivity contribution in [3.05, 3.63) is 106 Å². The second-order valence-electron chi connectivity index (χ2n) is 9.59. The summed E-state index contributed by atoms with van der Waals surface area (Å²) in [6.45, 7) is 6.25. The highest BCUT2D eigenvalue weighted by atomic mass is 79.9. The number of rotatable bonds is 7. The third-order valence-electron chi connectivity index (χ3n) is 7.02.